The molecule has 0 spiro atoms. The zero-order chi connectivity index (χ0) is 8.65. The van der Waals surface area contributed by atoms with E-state index in [9.17, 15) is 9.90 Å². The average molecular weight is 195 g/mol. The van der Waals surface area contributed by atoms with Crippen molar-refractivity contribution in [2.45, 2.75) is 31.4 Å². The molecule has 0 bridgehead atoms. The van der Waals surface area contributed by atoms with E-state index in [0.29, 0.717) is 6.42 Å². The second-order valence-electron chi connectivity index (χ2n) is 3.33. The highest BCUT2D eigenvalue weighted by Crippen LogP contribution is 2.45. The highest BCUT2D eigenvalue weighted by atomic mass is 35.5. The van der Waals surface area contributed by atoms with Crippen LogP contribution in [0.5, 0.6) is 0 Å². The van der Waals surface area contributed by atoms with Crippen LogP contribution in [0.4, 0.5) is 0 Å². The van der Waals surface area contributed by atoms with Crippen LogP contribution in [0.3, 0.4) is 0 Å². The van der Waals surface area contributed by atoms with Crippen molar-refractivity contribution in [3.8, 4) is 0 Å². The molecule has 1 fully saturated rings. The molecule has 0 aromatic carbocycles. The third-order valence-electron chi connectivity index (χ3n) is 2.23. The van der Waals surface area contributed by atoms with Gasteiger partial charge in [0, 0.05) is 23.8 Å². The Morgan fingerprint density at radius 2 is 2.42 bits per heavy atom. The molecule has 3 unspecified atom stereocenters. The van der Waals surface area contributed by atoms with Gasteiger partial charge >= 0.3 is 0 Å². The second kappa shape index (κ2) is 3.60. The van der Waals surface area contributed by atoms with Gasteiger partial charge in [0.25, 0.3) is 0 Å². The van der Waals surface area contributed by atoms with Gasteiger partial charge in [-0.2, -0.15) is 0 Å². The van der Waals surface area contributed by atoms with E-state index in [4.69, 9.17) is 10.8 Å². The van der Waals surface area contributed by atoms with Crippen LogP contribution in [0.15, 0.2) is 0 Å². The van der Waals surface area contributed by atoms with E-state index in [0.717, 1.165) is 0 Å². The van der Waals surface area contributed by atoms with Gasteiger partial charge in [-0.25, -0.2) is 0 Å². The highest BCUT2D eigenvalue weighted by molar-refractivity contribution is 5.85. The molecule has 1 aliphatic carbocycles. The quantitative estimate of drug-likeness (QED) is 0.582. The Balaban J connectivity index is 0.00000121. The van der Waals surface area contributed by atoms with Gasteiger partial charge in [-0.1, -0.05) is 0 Å². The van der Waals surface area contributed by atoms with Crippen molar-refractivity contribution in [3.05, 3.63) is 0 Å². The van der Waals surface area contributed by atoms with Crippen LogP contribution in [-0.2, 0) is 4.79 Å². The molecular formula is C7H13ClNO3-. The normalized spacial score (nSPS) is 35.1. The van der Waals surface area contributed by atoms with Crippen molar-refractivity contribution in [1.29, 1.82) is 0 Å². The summed E-state index contributed by atoms with van der Waals surface area (Å²) in [7, 11) is 0. The van der Waals surface area contributed by atoms with Crippen molar-refractivity contribution >= 4 is 18.4 Å². The zero-order valence-corrected chi connectivity index (χ0v) is 7.63. The SMILES string of the molecule is CC(O)C1CC1(N)CC(=O)[O-].Cl. The molecule has 1 rings (SSSR count). The Labute approximate surface area is 77.2 Å². The molecule has 0 amide bonds. The maximum absolute atomic E-state index is 10.2. The lowest BCUT2D eigenvalue weighted by atomic mass is 10.1. The molecule has 0 saturated heterocycles. The van der Waals surface area contributed by atoms with E-state index in [1.54, 1.807) is 6.92 Å². The number of rotatable bonds is 3. The van der Waals surface area contributed by atoms with Gasteiger partial charge in [-0.15, -0.1) is 12.4 Å². The number of nitrogens with two attached hydrogens (primary N) is 1. The number of carbonyl (C=O) groups is 1. The van der Waals surface area contributed by atoms with E-state index in [1.165, 1.54) is 0 Å². The number of carboxylic acids is 1. The van der Waals surface area contributed by atoms with Gasteiger partial charge in [-0.05, 0) is 13.3 Å². The molecule has 0 radical (unpaired) electrons. The molecule has 3 atom stereocenters. The molecule has 0 aliphatic heterocycles. The number of hydrogen-bond acceptors (Lipinski definition) is 4. The molecule has 1 saturated carbocycles. The van der Waals surface area contributed by atoms with Crippen LogP contribution in [-0.4, -0.2) is 22.7 Å². The van der Waals surface area contributed by atoms with E-state index in [1.807, 2.05) is 0 Å². The molecule has 4 nitrogen and oxygen atoms in total. The van der Waals surface area contributed by atoms with E-state index in [2.05, 4.69) is 0 Å². The molecule has 0 aromatic rings. The van der Waals surface area contributed by atoms with Crippen LogP contribution in [0.1, 0.15) is 19.8 Å². The number of carbonyl (C=O) groups excluding carboxylic acids is 1. The molecule has 12 heavy (non-hydrogen) atoms. The summed E-state index contributed by atoms with van der Waals surface area (Å²) < 4.78 is 0. The molecule has 0 aromatic heterocycles. The number of halogens is 1. The minimum Gasteiger partial charge on any atom is -0.550 e. The Kier molecular flexibility index (Phi) is 3.50. The van der Waals surface area contributed by atoms with E-state index >= 15 is 0 Å². The van der Waals surface area contributed by atoms with Gasteiger partial charge in [0.1, 0.15) is 0 Å². The maximum atomic E-state index is 10.2. The fourth-order valence-electron chi connectivity index (χ4n) is 1.47. The first-order valence-electron chi connectivity index (χ1n) is 3.62. The standard InChI is InChI=1S/C7H13NO3.ClH/c1-4(9)5-2-7(5,8)3-6(10)11;/h4-5,9H,2-3,8H2,1H3,(H,10,11);1H/p-1. The predicted molar refractivity (Wildman–Crippen MR) is 43.6 cm³/mol. The Morgan fingerprint density at radius 3 is 2.67 bits per heavy atom. The third-order valence-corrected chi connectivity index (χ3v) is 2.23. The molecule has 1 aliphatic rings. The Morgan fingerprint density at radius 1 is 1.92 bits per heavy atom. The van der Waals surface area contributed by atoms with Gasteiger partial charge < -0.3 is 20.7 Å². The first-order valence-corrected chi connectivity index (χ1v) is 3.62. The lowest BCUT2D eigenvalue weighted by molar-refractivity contribution is -0.306. The smallest absolute Gasteiger partial charge is 0.0558 e. The first-order chi connectivity index (χ1) is 4.96. The monoisotopic (exact) mass is 194 g/mol. The van der Waals surface area contributed by atoms with Crippen LogP contribution in [0.25, 0.3) is 0 Å². The van der Waals surface area contributed by atoms with E-state index < -0.39 is 17.6 Å². The summed E-state index contributed by atoms with van der Waals surface area (Å²) in [4.78, 5) is 10.2. The molecule has 5 heteroatoms. The largest absolute Gasteiger partial charge is 0.550 e. The van der Waals surface area contributed by atoms with Crippen molar-refractivity contribution < 1.29 is 15.0 Å². The summed E-state index contributed by atoms with van der Waals surface area (Å²) in [6, 6.07) is 0. The fourth-order valence-corrected chi connectivity index (χ4v) is 1.47. The fraction of sp³-hybridized carbons (Fsp3) is 0.857. The van der Waals surface area contributed by atoms with Crippen LogP contribution < -0.4 is 10.8 Å². The number of aliphatic hydroxyl groups excluding tert-OH is 1. The molecule has 72 valence electrons. The summed E-state index contributed by atoms with van der Waals surface area (Å²) in [5.74, 6) is -1.21. The Hall–Kier alpha value is -0.320. The third kappa shape index (κ3) is 2.33. The molecular weight excluding hydrogens is 182 g/mol. The lowest BCUT2D eigenvalue weighted by Crippen LogP contribution is -2.36. The van der Waals surface area contributed by atoms with Gasteiger partial charge in [0.2, 0.25) is 0 Å². The zero-order valence-electron chi connectivity index (χ0n) is 6.82. The van der Waals surface area contributed by atoms with Crippen molar-refractivity contribution in [2.75, 3.05) is 0 Å². The van der Waals surface area contributed by atoms with E-state index in [-0.39, 0.29) is 24.7 Å². The minimum absolute atomic E-state index is 0. The highest BCUT2D eigenvalue weighted by Gasteiger charge is 2.52. The number of carboxylic acid groups (broad SMARTS) is 1. The van der Waals surface area contributed by atoms with Crippen molar-refractivity contribution in [2.24, 2.45) is 11.7 Å². The van der Waals surface area contributed by atoms with Crippen molar-refractivity contribution in [1.82, 2.24) is 0 Å². The second-order valence-corrected chi connectivity index (χ2v) is 3.33. The van der Waals surface area contributed by atoms with Gasteiger partial charge in [-0.3, -0.25) is 0 Å². The number of aliphatic hydroxyl groups is 1. The predicted octanol–water partition coefficient (Wildman–Crippen LogP) is -1.35. The van der Waals surface area contributed by atoms with Crippen molar-refractivity contribution in [3.63, 3.8) is 0 Å². The number of hydrogen-bond donors (Lipinski definition) is 2. The average Bonchev–Trinajstić information content (AvgIpc) is 2.39. The van der Waals surface area contributed by atoms with Crippen LogP contribution in [0.2, 0.25) is 0 Å². The minimum atomic E-state index is -1.14. The summed E-state index contributed by atoms with van der Waals surface area (Å²) in [5, 5.41) is 19.2. The van der Waals surface area contributed by atoms with Gasteiger partial charge in [0.15, 0.2) is 0 Å². The summed E-state index contributed by atoms with van der Waals surface area (Å²) in [6.07, 6.45) is -0.0827. The van der Waals surface area contributed by atoms with Crippen LogP contribution >= 0.6 is 12.4 Å². The number of aliphatic carboxylic acids is 1. The lowest BCUT2D eigenvalue weighted by Gasteiger charge is -2.12. The summed E-state index contributed by atoms with van der Waals surface area (Å²) >= 11 is 0. The summed E-state index contributed by atoms with van der Waals surface area (Å²) in [5.41, 5.74) is 4.91. The summed E-state index contributed by atoms with van der Waals surface area (Å²) in [6.45, 7) is 1.62. The first kappa shape index (κ1) is 11.7. The maximum Gasteiger partial charge on any atom is 0.0558 e. The molecule has 3 N–H and O–H groups in total. The Bertz CT molecular complexity index is 185. The van der Waals surface area contributed by atoms with Gasteiger partial charge in [0.05, 0.1) is 6.10 Å². The van der Waals surface area contributed by atoms with Crippen LogP contribution in [0, 0.1) is 5.92 Å². The topological polar surface area (TPSA) is 86.4 Å². The molecule has 0 heterocycles.